The minimum absolute atomic E-state index is 0.0959. The lowest BCUT2D eigenvalue weighted by molar-refractivity contribution is -0.115. The van der Waals surface area contributed by atoms with E-state index in [1.807, 2.05) is 18.2 Å². The minimum atomic E-state index is -0.918. The van der Waals surface area contributed by atoms with E-state index in [0.29, 0.717) is 35.3 Å². The van der Waals surface area contributed by atoms with Gasteiger partial charge in [0.2, 0.25) is 11.9 Å². The summed E-state index contributed by atoms with van der Waals surface area (Å²) in [5.41, 5.74) is 2.00. The van der Waals surface area contributed by atoms with Gasteiger partial charge in [-0.2, -0.15) is 0 Å². The second-order valence-electron chi connectivity index (χ2n) is 7.12. The second kappa shape index (κ2) is 10.3. The van der Waals surface area contributed by atoms with E-state index < -0.39 is 12.0 Å². The number of hydrogen-bond donors (Lipinski definition) is 4. The summed E-state index contributed by atoms with van der Waals surface area (Å²) in [5.74, 6) is 1.12. The minimum Gasteiger partial charge on any atom is -0.456 e. The van der Waals surface area contributed by atoms with Gasteiger partial charge in [-0.05, 0) is 54.6 Å². The van der Waals surface area contributed by atoms with Crippen LogP contribution in [0.1, 0.15) is 13.3 Å². The molecule has 1 amide bonds. The number of rotatable bonds is 7. The van der Waals surface area contributed by atoms with Crippen molar-refractivity contribution in [1.29, 1.82) is 0 Å². The monoisotopic (exact) mass is 446 g/mol. The quantitative estimate of drug-likeness (QED) is 0.414. The smallest absolute Gasteiger partial charge is 0.224 e. The van der Waals surface area contributed by atoms with Gasteiger partial charge in [-0.3, -0.25) is 9.78 Å². The Balaban J connectivity index is 1.40. The number of nitrogens with zero attached hydrogens (tertiary/aromatic N) is 2. The number of halogens is 1. The van der Waals surface area contributed by atoms with Gasteiger partial charge in [0.05, 0.1) is 6.20 Å². The molecule has 1 aromatic heterocycles. The molecule has 0 saturated carbocycles. The summed E-state index contributed by atoms with van der Waals surface area (Å²) in [6.07, 6.45) is 4.01. The maximum Gasteiger partial charge on any atom is 0.224 e. The normalized spacial score (nSPS) is 14.9. The van der Waals surface area contributed by atoms with Crippen LogP contribution in [0.5, 0.6) is 11.5 Å². The first kappa shape index (κ1) is 21.8. The molecule has 8 nitrogen and oxygen atoms in total. The largest absolute Gasteiger partial charge is 0.456 e. The van der Waals surface area contributed by atoms with Gasteiger partial charge in [0.1, 0.15) is 11.5 Å². The van der Waals surface area contributed by atoms with Crippen LogP contribution in [0.4, 0.5) is 21.5 Å². The highest BCUT2D eigenvalue weighted by Crippen LogP contribution is 2.23. The average molecular weight is 446 g/mol. The number of ether oxygens (including phenoxy) is 1. The van der Waals surface area contributed by atoms with Crippen LogP contribution < -0.4 is 26.0 Å². The van der Waals surface area contributed by atoms with Crippen LogP contribution in [0, 0.1) is 0 Å². The highest BCUT2D eigenvalue weighted by Gasteiger charge is 2.19. The molecule has 0 radical (unpaired) electrons. The lowest BCUT2D eigenvalue weighted by Crippen LogP contribution is -2.35. The van der Waals surface area contributed by atoms with Crippen molar-refractivity contribution >= 4 is 28.9 Å². The van der Waals surface area contributed by atoms with Gasteiger partial charge >= 0.3 is 0 Å². The van der Waals surface area contributed by atoms with Crippen molar-refractivity contribution in [3.63, 3.8) is 0 Å². The Morgan fingerprint density at radius 2 is 1.88 bits per heavy atom. The Bertz CT molecular complexity index is 1170. The fourth-order valence-corrected chi connectivity index (χ4v) is 2.99. The van der Waals surface area contributed by atoms with Gasteiger partial charge in [0, 0.05) is 35.9 Å². The van der Waals surface area contributed by atoms with Crippen LogP contribution in [0.3, 0.4) is 0 Å². The van der Waals surface area contributed by atoms with Gasteiger partial charge in [-0.15, -0.1) is 0 Å². The maximum absolute atomic E-state index is 14.4. The van der Waals surface area contributed by atoms with Crippen LogP contribution in [0.25, 0.3) is 0 Å². The molecule has 4 N–H and O–H groups in total. The number of carbonyl (C=O) groups is 1. The van der Waals surface area contributed by atoms with Crippen LogP contribution in [0.15, 0.2) is 90.1 Å². The summed E-state index contributed by atoms with van der Waals surface area (Å²) in [6, 6.07) is 17.9. The van der Waals surface area contributed by atoms with Crippen molar-refractivity contribution in [1.82, 2.24) is 10.3 Å². The molecule has 1 aliphatic heterocycles. The predicted molar refractivity (Wildman–Crippen MR) is 127 cm³/mol. The van der Waals surface area contributed by atoms with E-state index in [4.69, 9.17) is 4.74 Å². The zero-order valence-electron chi connectivity index (χ0n) is 17.9. The zero-order valence-corrected chi connectivity index (χ0v) is 17.9. The average Bonchev–Trinajstić information content (AvgIpc) is 2.83. The van der Waals surface area contributed by atoms with Gasteiger partial charge < -0.3 is 26.0 Å². The summed E-state index contributed by atoms with van der Waals surface area (Å²) in [6.45, 7) is 1.78. The number of hydrogen-bond acceptors (Lipinski definition) is 7. The van der Waals surface area contributed by atoms with E-state index in [1.54, 1.807) is 61.8 Å². The van der Waals surface area contributed by atoms with Crippen molar-refractivity contribution < 1.29 is 13.9 Å². The number of pyridine rings is 1. The van der Waals surface area contributed by atoms with Crippen molar-refractivity contribution in [3.8, 4) is 11.5 Å². The van der Waals surface area contributed by atoms with E-state index in [-0.39, 0.29) is 5.91 Å². The van der Waals surface area contributed by atoms with E-state index in [9.17, 15) is 9.18 Å². The number of anilines is 3. The summed E-state index contributed by atoms with van der Waals surface area (Å²) in [5, 5.41) is 11.7. The Labute approximate surface area is 190 Å². The molecule has 33 heavy (non-hydrogen) atoms. The van der Waals surface area contributed by atoms with Crippen molar-refractivity contribution in [2.24, 2.45) is 4.99 Å². The first-order valence-electron chi connectivity index (χ1n) is 10.4. The van der Waals surface area contributed by atoms with Crippen molar-refractivity contribution in [3.05, 3.63) is 85.1 Å². The van der Waals surface area contributed by atoms with Gasteiger partial charge in [-0.25, -0.2) is 9.38 Å². The molecular weight excluding hydrogens is 423 g/mol. The Hall–Kier alpha value is -4.40. The molecule has 0 spiro atoms. The van der Waals surface area contributed by atoms with Gasteiger partial charge in [0.25, 0.3) is 0 Å². The molecule has 9 heteroatoms. The third-order valence-electron chi connectivity index (χ3n) is 4.62. The van der Waals surface area contributed by atoms with Crippen molar-refractivity contribution in [2.75, 3.05) is 16.0 Å². The molecule has 4 rings (SSSR count). The highest BCUT2D eigenvalue weighted by atomic mass is 19.1. The summed E-state index contributed by atoms with van der Waals surface area (Å²) in [7, 11) is 0. The van der Waals surface area contributed by atoms with E-state index in [0.717, 1.165) is 5.69 Å². The number of benzene rings is 2. The molecule has 0 aliphatic carbocycles. The Morgan fingerprint density at radius 1 is 1.06 bits per heavy atom. The molecule has 168 valence electrons. The van der Waals surface area contributed by atoms with Gasteiger partial charge in [-0.1, -0.05) is 13.0 Å². The molecule has 1 unspecified atom stereocenters. The Kier molecular flexibility index (Phi) is 6.79. The van der Waals surface area contributed by atoms with Gasteiger partial charge in [0.15, 0.2) is 12.0 Å². The molecular formula is C24H23FN6O2. The lowest BCUT2D eigenvalue weighted by Gasteiger charge is -2.21. The SMILES string of the molecule is CCC(=O)Nc1cccc(NC2N=C(Nc3ccc(Oc4cccnc4)cc3)NC=C2F)c1. The fraction of sp³-hybridized carbons (Fsp3) is 0.125. The number of guanidine groups is 1. The standard InChI is InChI=1S/C24H23FN6O2/c1-2-22(32)28-17-5-3-6-18(13-17)29-23-21(25)15-27-24(31-23)30-16-8-10-19(11-9-16)33-20-7-4-12-26-14-20/h3-15,23,29H,2H2,1H3,(H,28,32)(H2,27,30,31). The molecule has 1 aliphatic rings. The van der Waals surface area contributed by atoms with E-state index in [2.05, 4.69) is 31.2 Å². The second-order valence-corrected chi connectivity index (χ2v) is 7.12. The molecule has 1 atom stereocenters. The van der Waals surface area contributed by atoms with Crippen molar-refractivity contribution in [2.45, 2.75) is 19.5 Å². The molecule has 2 aromatic carbocycles. The molecule has 2 heterocycles. The molecule has 3 aromatic rings. The van der Waals surface area contributed by atoms with E-state index in [1.165, 1.54) is 6.20 Å². The number of aromatic nitrogens is 1. The number of amides is 1. The third-order valence-corrected chi connectivity index (χ3v) is 4.62. The van der Waals surface area contributed by atoms with E-state index >= 15 is 0 Å². The number of carbonyl (C=O) groups excluding carboxylic acids is 1. The number of aliphatic imine (C=N–C) groups is 1. The van der Waals surface area contributed by atoms with Crippen LogP contribution in [0.2, 0.25) is 0 Å². The number of nitrogens with one attached hydrogen (secondary N) is 4. The van der Waals surface area contributed by atoms with Crippen LogP contribution in [-0.4, -0.2) is 23.0 Å². The fourth-order valence-electron chi connectivity index (χ4n) is 2.99. The topological polar surface area (TPSA) is 99.7 Å². The summed E-state index contributed by atoms with van der Waals surface area (Å²) >= 11 is 0. The predicted octanol–water partition coefficient (Wildman–Crippen LogP) is 4.84. The first-order chi connectivity index (χ1) is 16.1. The molecule has 0 bridgehead atoms. The maximum atomic E-state index is 14.4. The first-order valence-corrected chi connectivity index (χ1v) is 10.4. The highest BCUT2D eigenvalue weighted by molar-refractivity contribution is 5.95. The summed E-state index contributed by atoms with van der Waals surface area (Å²) < 4.78 is 20.1. The van der Waals surface area contributed by atoms with Crippen LogP contribution >= 0.6 is 0 Å². The molecule has 0 saturated heterocycles. The summed E-state index contributed by atoms with van der Waals surface area (Å²) in [4.78, 5) is 20.0. The van der Waals surface area contributed by atoms with Crippen LogP contribution in [-0.2, 0) is 4.79 Å². The molecule has 0 fully saturated rings. The Morgan fingerprint density at radius 3 is 2.64 bits per heavy atom. The third kappa shape index (κ3) is 6.07. The lowest BCUT2D eigenvalue weighted by atomic mass is 10.2. The zero-order chi connectivity index (χ0) is 23.0.